The third-order valence-corrected chi connectivity index (χ3v) is 6.64. The Morgan fingerprint density at radius 1 is 1.33 bits per heavy atom. The molecule has 2 aliphatic rings. The van der Waals surface area contributed by atoms with Gasteiger partial charge in [0.1, 0.15) is 5.82 Å². The molecule has 0 bridgehead atoms. The minimum atomic E-state index is -0.559. The molecule has 3 heterocycles. The Balaban J connectivity index is 1.55. The number of nitrogens with zero attached hydrogens (tertiary/aromatic N) is 2. The van der Waals surface area contributed by atoms with Crippen LogP contribution in [-0.2, 0) is 28.9 Å². The molecule has 4 rings (SSSR count). The Labute approximate surface area is 193 Å². The summed E-state index contributed by atoms with van der Waals surface area (Å²) >= 11 is 0. The maximum Gasteiger partial charge on any atom is 0.338 e. The molecule has 0 atom stereocenters. The van der Waals surface area contributed by atoms with Gasteiger partial charge in [0, 0.05) is 31.7 Å². The van der Waals surface area contributed by atoms with E-state index in [9.17, 15) is 14.0 Å². The smallest absolute Gasteiger partial charge is 0.338 e. The van der Waals surface area contributed by atoms with Crippen molar-refractivity contribution >= 4 is 11.9 Å². The molecule has 1 saturated heterocycles. The van der Waals surface area contributed by atoms with E-state index in [1.807, 2.05) is 25.5 Å². The molecule has 7 nitrogen and oxygen atoms in total. The van der Waals surface area contributed by atoms with E-state index in [2.05, 4.69) is 5.32 Å². The van der Waals surface area contributed by atoms with Gasteiger partial charge in [-0.1, -0.05) is 26.8 Å². The highest BCUT2D eigenvalue weighted by atomic mass is 19.1. The number of halogens is 1. The second-order valence-corrected chi connectivity index (χ2v) is 10.0. The molecule has 0 aliphatic carbocycles. The maximum atomic E-state index is 13.4. The fourth-order valence-electron chi connectivity index (χ4n) is 4.71. The van der Waals surface area contributed by atoms with Gasteiger partial charge in [0.15, 0.2) is 0 Å². The molecule has 1 N–H and O–H groups in total. The van der Waals surface area contributed by atoms with Crippen LogP contribution in [0.4, 0.5) is 4.39 Å². The molecule has 1 aromatic heterocycles. The lowest BCUT2D eigenvalue weighted by Crippen LogP contribution is -2.41. The highest BCUT2D eigenvalue weighted by Gasteiger charge is 2.40. The van der Waals surface area contributed by atoms with Crippen molar-refractivity contribution in [1.82, 2.24) is 15.1 Å². The lowest BCUT2D eigenvalue weighted by Gasteiger charge is -2.36. The van der Waals surface area contributed by atoms with E-state index in [0.717, 1.165) is 30.7 Å². The number of carbonyl (C=O) groups is 2. The Morgan fingerprint density at radius 2 is 2.09 bits per heavy atom. The zero-order valence-corrected chi connectivity index (χ0v) is 19.6. The van der Waals surface area contributed by atoms with Crippen LogP contribution in [0.3, 0.4) is 0 Å². The fourth-order valence-corrected chi connectivity index (χ4v) is 4.71. The molecular weight excluding hydrogens is 425 g/mol. The van der Waals surface area contributed by atoms with Gasteiger partial charge in [-0.15, -0.1) is 0 Å². The van der Waals surface area contributed by atoms with Crippen LogP contribution in [-0.4, -0.2) is 48.0 Å². The highest BCUT2D eigenvalue weighted by molar-refractivity contribution is 5.97. The van der Waals surface area contributed by atoms with E-state index in [-0.39, 0.29) is 23.5 Å². The average molecular weight is 458 g/mol. The third-order valence-electron chi connectivity index (χ3n) is 6.64. The van der Waals surface area contributed by atoms with Crippen molar-refractivity contribution in [3.05, 3.63) is 52.6 Å². The predicted molar refractivity (Wildman–Crippen MR) is 121 cm³/mol. The summed E-state index contributed by atoms with van der Waals surface area (Å²) < 4.78 is 26.5. The summed E-state index contributed by atoms with van der Waals surface area (Å²) in [4.78, 5) is 25.4. The van der Waals surface area contributed by atoms with Crippen molar-refractivity contribution in [2.24, 2.45) is 10.8 Å². The summed E-state index contributed by atoms with van der Waals surface area (Å²) in [5.41, 5.74) is 2.14. The van der Waals surface area contributed by atoms with E-state index in [4.69, 9.17) is 14.6 Å². The molecule has 1 aromatic carbocycles. The molecule has 1 amide bonds. The number of fused-ring (bicyclic) bond motifs is 1. The minimum absolute atomic E-state index is 0.0318. The second kappa shape index (κ2) is 9.25. The summed E-state index contributed by atoms with van der Waals surface area (Å²) in [5.74, 6) is -1.10. The van der Waals surface area contributed by atoms with Crippen molar-refractivity contribution in [2.75, 3.05) is 26.4 Å². The standard InChI is InChI=1S/C25H32FN3O4/c1-4-19-21-20(13-25(14-27-22(21)30)8-10-32-11-9-25)29(28-19)15-24(2,3)16-33-23(31)17-6-5-7-18(26)12-17/h5-7,12H,4,8-11,13-16H2,1-3H3,(H,27,30). The number of ether oxygens (including phenoxy) is 2. The number of aromatic nitrogens is 2. The van der Waals surface area contributed by atoms with Crippen LogP contribution in [0, 0.1) is 16.6 Å². The van der Waals surface area contributed by atoms with Gasteiger partial charge in [-0.3, -0.25) is 9.48 Å². The molecule has 1 fully saturated rings. The van der Waals surface area contributed by atoms with Crippen LogP contribution in [0.25, 0.3) is 0 Å². The first-order valence-corrected chi connectivity index (χ1v) is 11.6. The maximum absolute atomic E-state index is 13.4. The van der Waals surface area contributed by atoms with E-state index in [0.29, 0.717) is 38.3 Å². The van der Waals surface area contributed by atoms with Gasteiger partial charge in [0.2, 0.25) is 0 Å². The molecule has 0 saturated carbocycles. The molecule has 2 aromatic rings. The zero-order chi connectivity index (χ0) is 23.6. The first kappa shape index (κ1) is 23.4. The Hall–Kier alpha value is -2.74. The molecular formula is C25H32FN3O4. The molecule has 1 spiro atoms. The SMILES string of the molecule is CCc1nn(CC(C)(C)COC(=O)c2cccc(F)c2)c2c1C(=O)NCC1(CCOCC1)C2. The molecule has 33 heavy (non-hydrogen) atoms. The van der Waals surface area contributed by atoms with Gasteiger partial charge >= 0.3 is 5.97 Å². The number of amides is 1. The van der Waals surface area contributed by atoms with Gasteiger partial charge in [-0.2, -0.15) is 5.10 Å². The van der Waals surface area contributed by atoms with Crippen LogP contribution in [0.2, 0.25) is 0 Å². The highest BCUT2D eigenvalue weighted by Crippen LogP contribution is 2.38. The van der Waals surface area contributed by atoms with Gasteiger partial charge in [-0.25, -0.2) is 9.18 Å². The molecule has 178 valence electrons. The van der Waals surface area contributed by atoms with Crippen molar-refractivity contribution in [3.8, 4) is 0 Å². The van der Waals surface area contributed by atoms with Crippen LogP contribution in [0.15, 0.2) is 24.3 Å². The van der Waals surface area contributed by atoms with E-state index in [1.165, 1.54) is 24.3 Å². The molecule has 8 heteroatoms. The predicted octanol–water partition coefficient (Wildman–Crippen LogP) is 3.55. The second-order valence-electron chi connectivity index (χ2n) is 10.0. The number of nitrogens with one attached hydrogen (secondary N) is 1. The number of carbonyl (C=O) groups excluding carboxylic acids is 2. The van der Waals surface area contributed by atoms with E-state index < -0.39 is 17.2 Å². The topological polar surface area (TPSA) is 82.5 Å². The Kier molecular flexibility index (Phi) is 6.56. The molecule has 2 aliphatic heterocycles. The van der Waals surface area contributed by atoms with Crippen molar-refractivity contribution < 1.29 is 23.5 Å². The minimum Gasteiger partial charge on any atom is -0.461 e. The van der Waals surface area contributed by atoms with E-state index >= 15 is 0 Å². The van der Waals surface area contributed by atoms with Gasteiger partial charge in [0.25, 0.3) is 5.91 Å². The van der Waals surface area contributed by atoms with Crippen molar-refractivity contribution in [3.63, 3.8) is 0 Å². The monoisotopic (exact) mass is 457 g/mol. The average Bonchev–Trinajstić information content (AvgIpc) is 3.05. The first-order valence-electron chi connectivity index (χ1n) is 11.6. The lowest BCUT2D eigenvalue weighted by molar-refractivity contribution is 0.0145. The van der Waals surface area contributed by atoms with Crippen LogP contribution in [0.5, 0.6) is 0 Å². The number of esters is 1. The lowest BCUT2D eigenvalue weighted by atomic mass is 9.76. The van der Waals surface area contributed by atoms with Crippen LogP contribution in [0.1, 0.15) is 65.7 Å². The normalized spacial score (nSPS) is 17.9. The Bertz CT molecular complexity index is 1040. The summed E-state index contributed by atoms with van der Waals surface area (Å²) in [6, 6.07) is 5.48. The Morgan fingerprint density at radius 3 is 2.79 bits per heavy atom. The van der Waals surface area contributed by atoms with Gasteiger partial charge < -0.3 is 14.8 Å². The molecule has 0 radical (unpaired) electrons. The first-order chi connectivity index (χ1) is 15.7. The molecule has 0 unspecified atom stereocenters. The summed E-state index contributed by atoms with van der Waals surface area (Å²) in [6.07, 6.45) is 3.21. The quantitative estimate of drug-likeness (QED) is 0.671. The third kappa shape index (κ3) is 5.11. The number of hydrogen-bond donors (Lipinski definition) is 1. The summed E-state index contributed by atoms with van der Waals surface area (Å²) in [5, 5.41) is 7.92. The number of aryl methyl sites for hydroxylation is 1. The van der Waals surface area contributed by atoms with Gasteiger partial charge in [0.05, 0.1) is 29.1 Å². The number of hydrogen-bond acceptors (Lipinski definition) is 5. The summed E-state index contributed by atoms with van der Waals surface area (Å²) in [6.45, 7) is 8.65. The van der Waals surface area contributed by atoms with E-state index in [1.54, 1.807) is 0 Å². The zero-order valence-electron chi connectivity index (χ0n) is 19.6. The fraction of sp³-hybridized carbons (Fsp3) is 0.560. The number of rotatable bonds is 6. The van der Waals surface area contributed by atoms with Crippen molar-refractivity contribution in [1.29, 1.82) is 0 Å². The van der Waals surface area contributed by atoms with Crippen LogP contribution >= 0.6 is 0 Å². The van der Waals surface area contributed by atoms with Crippen molar-refractivity contribution in [2.45, 2.75) is 53.0 Å². The summed E-state index contributed by atoms with van der Waals surface area (Å²) in [7, 11) is 0. The largest absolute Gasteiger partial charge is 0.461 e. The number of benzene rings is 1. The van der Waals surface area contributed by atoms with Gasteiger partial charge in [-0.05, 0) is 49.3 Å². The van der Waals surface area contributed by atoms with Crippen LogP contribution < -0.4 is 5.32 Å².